The largest absolute Gasteiger partial charge is 0.394 e. The average molecular weight is 253 g/mol. The highest BCUT2D eigenvalue weighted by Gasteiger charge is 2.12. The minimum Gasteiger partial charge on any atom is -0.394 e. The van der Waals surface area contributed by atoms with Crippen molar-refractivity contribution < 1.29 is 9.90 Å². The van der Waals surface area contributed by atoms with Gasteiger partial charge in [0.25, 0.3) is 0 Å². The van der Waals surface area contributed by atoms with Gasteiger partial charge in [0.1, 0.15) is 0 Å². The first-order chi connectivity index (χ1) is 8.51. The summed E-state index contributed by atoms with van der Waals surface area (Å²) in [5, 5.41) is 14.7. The number of aromatic nitrogens is 1. The molecule has 0 fully saturated rings. The fourth-order valence-corrected chi connectivity index (χ4v) is 1.83. The molecule has 1 atom stereocenters. The normalized spacial score (nSPS) is 12.5. The molecule has 102 valence electrons. The van der Waals surface area contributed by atoms with Crippen molar-refractivity contribution >= 4 is 6.03 Å². The first-order valence-corrected chi connectivity index (χ1v) is 6.27. The van der Waals surface area contributed by atoms with Gasteiger partial charge in [-0.3, -0.25) is 0 Å². The minimum absolute atomic E-state index is 0.0308. The monoisotopic (exact) mass is 253 g/mol. The Morgan fingerprint density at radius 2 is 2.22 bits per heavy atom. The first-order valence-electron chi connectivity index (χ1n) is 6.27. The van der Waals surface area contributed by atoms with Crippen LogP contribution in [0, 0.1) is 5.92 Å². The van der Waals surface area contributed by atoms with Gasteiger partial charge < -0.3 is 20.3 Å². The van der Waals surface area contributed by atoms with Gasteiger partial charge in [-0.15, -0.1) is 0 Å². The lowest BCUT2D eigenvalue weighted by atomic mass is 10.0. The predicted octanol–water partition coefficient (Wildman–Crippen LogP) is 1.23. The lowest BCUT2D eigenvalue weighted by Crippen LogP contribution is -2.44. The van der Waals surface area contributed by atoms with Crippen LogP contribution in [-0.4, -0.2) is 28.4 Å². The summed E-state index contributed by atoms with van der Waals surface area (Å²) in [5.41, 5.74) is 1.05. The first kappa shape index (κ1) is 14.6. The van der Waals surface area contributed by atoms with Crippen molar-refractivity contribution in [3.8, 4) is 0 Å². The highest BCUT2D eigenvalue weighted by molar-refractivity contribution is 5.74. The van der Waals surface area contributed by atoms with Gasteiger partial charge in [0.05, 0.1) is 12.6 Å². The van der Waals surface area contributed by atoms with E-state index in [0.717, 1.165) is 12.0 Å². The molecule has 0 aliphatic carbocycles. The molecular weight excluding hydrogens is 230 g/mol. The van der Waals surface area contributed by atoms with E-state index in [0.29, 0.717) is 12.5 Å². The number of rotatable bonds is 6. The number of nitrogens with zero attached hydrogens (tertiary/aromatic N) is 1. The number of amides is 2. The van der Waals surface area contributed by atoms with Crippen LogP contribution in [0.1, 0.15) is 25.8 Å². The van der Waals surface area contributed by atoms with Gasteiger partial charge in [0, 0.05) is 26.0 Å². The average Bonchev–Trinajstić information content (AvgIpc) is 2.71. The highest BCUT2D eigenvalue weighted by atomic mass is 16.3. The molecule has 1 rings (SSSR count). The zero-order valence-electron chi connectivity index (χ0n) is 11.3. The molecule has 1 unspecified atom stereocenters. The molecular formula is C13H23N3O2. The van der Waals surface area contributed by atoms with E-state index in [9.17, 15) is 4.79 Å². The number of aryl methyl sites for hydroxylation is 1. The number of aliphatic hydroxyl groups excluding tert-OH is 1. The summed E-state index contributed by atoms with van der Waals surface area (Å²) in [6.45, 7) is 4.59. The van der Waals surface area contributed by atoms with E-state index in [1.807, 2.05) is 30.1 Å². The lowest BCUT2D eigenvalue weighted by Gasteiger charge is -2.18. The smallest absolute Gasteiger partial charge is 0.315 e. The summed E-state index contributed by atoms with van der Waals surface area (Å²) >= 11 is 0. The van der Waals surface area contributed by atoms with E-state index in [1.165, 1.54) is 0 Å². The fourth-order valence-electron chi connectivity index (χ4n) is 1.83. The van der Waals surface area contributed by atoms with E-state index < -0.39 is 0 Å². The summed E-state index contributed by atoms with van der Waals surface area (Å²) in [6, 6.07) is 1.54. The molecule has 0 bridgehead atoms. The molecule has 1 aromatic heterocycles. The van der Waals surface area contributed by atoms with Crippen LogP contribution >= 0.6 is 0 Å². The van der Waals surface area contributed by atoms with Crippen LogP contribution in [0.25, 0.3) is 0 Å². The molecule has 0 saturated heterocycles. The van der Waals surface area contributed by atoms with Gasteiger partial charge in [-0.25, -0.2) is 4.79 Å². The molecule has 3 N–H and O–H groups in total. The van der Waals surface area contributed by atoms with Crippen LogP contribution in [0.5, 0.6) is 0 Å². The Bertz CT molecular complexity index is 374. The van der Waals surface area contributed by atoms with Crippen molar-refractivity contribution in [1.82, 2.24) is 15.2 Å². The number of nitrogens with one attached hydrogen (secondary N) is 2. The number of carbonyl (C=O) groups excluding carboxylic acids is 1. The van der Waals surface area contributed by atoms with Gasteiger partial charge in [-0.2, -0.15) is 0 Å². The Morgan fingerprint density at radius 3 is 2.72 bits per heavy atom. The quantitative estimate of drug-likeness (QED) is 0.714. The molecule has 0 saturated carbocycles. The maximum atomic E-state index is 11.6. The molecule has 0 radical (unpaired) electrons. The Morgan fingerprint density at radius 1 is 1.50 bits per heavy atom. The summed E-state index contributed by atoms with van der Waals surface area (Å²) in [6.07, 6.45) is 4.66. The van der Waals surface area contributed by atoms with Crippen molar-refractivity contribution in [3.05, 3.63) is 24.0 Å². The van der Waals surface area contributed by atoms with Crippen LogP contribution < -0.4 is 10.6 Å². The van der Waals surface area contributed by atoms with Gasteiger partial charge >= 0.3 is 6.03 Å². The van der Waals surface area contributed by atoms with E-state index in [1.54, 1.807) is 0 Å². The Hall–Kier alpha value is -1.49. The van der Waals surface area contributed by atoms with Gasteiger partial charge in [0.2, 0.25) is 0 Å². The molecule has 5 heteroatoms. The second kappa shape index (κ2) is 7.06. The third-order valence-electron chi connectivity index (χ3n) is 2.66. The lowest BCUT2D eigenvalue weighted by molar-refractivity contribution is 0.206. The van der Waals surface area contributed by atoms with E-state index in [4.69, 9.17) is 5.11 Å². The van der Waals surface area contributed by atoms with E-state index in [-0.39, 0.29) is 18.7 Å². The van der Waals surface area contributed by atoms with E-state index in [2.05, 4.69) is 24.5 Å². The van der Waals surface area contributed by atoms with Crippen LogP contribution in [0.2, 0.25) is 0 Å². The van der Waals surface area contributed by atoms with Crippen molar-refractivity contribution in [2.45, 2.75) is 32.9 Å². The number of carbonyl (C=O) groups is 1. The van der Waals surface area contributed by atoms with Crippen molar-refractivity contribution in [2.75, 3.05) is 6.61 Å². The maximum Gasteiger partial charge on any atom is 0.315 e. The number of aliphatic hydroxyl groups is 1. The predicted molar refractivity (Wildman–Crippen MR) is 71.1 cm³/mol. The topological polar surface area (TPSA) is 66.3 Å². The maximum absolute atomic E-state index is 11.6. The van der Waals surface area contributed by atoms with Crippen molar-refractivity contribution in [1.29, 1.82) is 0 Å². The molecule has 5 nitrogen and oxygen atoms in total. The molecule has 0 aliphatic rings. The molecule has 2 amide bonds. The third-order valence-corrected chi connectivity index (χ3v) is 2.66. The Labute approximate surface area is 108 Å². The van der Waals surface area contributed by atoms with Gasteiger partial charge in [-0.05, 0) is 24.0 Å². The zero-order valence-corrected chi connectivity index (χ0v) is 11.3. The van der Waals surface area contributed by atoms with E-state index >= 15 is 0 Å². The summed E-state index contributed by atoms with van der Waals surface area (Å²) in [4.78, 5) is 11.6. The third kappa shape index (κ3) is 5.23. The summed E-state index contributed by atoms with van der Waals surface area (Å²) < 4.78 is 1.93. The summed E-state index contributed by atoms with van der Waals surface area (Å²) in [5.74, 6) is 0.441. The fraction of sp³-hybridized carbons (Fsp3) is 0.615. The van der Waals surface area contributed by atoms with Gasteiger partial charge in [0.15, 0.2) is 0 Å². The number of hydrogen-bond donors (Lipinski definition) is 3. The number of hydrogen-bond acceptors (Lipinski definition) is 2. The SMILES string of the molecule is CC(C)CC(CO)NC(=O)NCc1ccn(C)c1. The standard InChI is InChI=1S/C13H23N3O2/c1-10(2)6-12(9-17)15-13(18)14-7-11-4-5-16(3)8-11/h4-5,8,10,12,17H,6-7,9H2,1-3H3,(H2,14,15,18). The second-order valence-electron chi connectivity index (χ2n) is 5.02. The Kier molecular flexibility index (Phi) is 5.71. The molecule has 0 spiro atoms. The molecule has 18 heavy (non-hydrogen) atoms. The molecule has 0 aliphatic heterocycles. The van der Waals surface area contributed by atoms with Crippen LogP contribution in [-0.2, 0) is 13.6 Å². The van der Waals surface area contributed by atoms with Crippen LogP contribution in [0.4, 0.5) is 4.79 Å². The Balaban J connectivity index is 2.32. The summed E-state index contributed by atoms with van der Waals surface area (Å²) in [7, 11) is 1.94. The van der Waals surface area contributed by atoms with Crippen LogP contribution in [0.15, 0.2) is 18.5 Å². The zero-order chi connectivity index (χ0) is 13.5. The molecule has 1 aromatic rings. The highest BCUT2D eigenvalue weighted by Crippen LogP contribution is 2.04. The van der Waals surface area contributed by atoms with Crippen molar-refractivity contribution in [3.63, 3.8) is 0 Å². The van der Waals surface area contributed by atoms with Crippen molar-refractivity contribution in [2.24, 2.45) is 13.0 Å². The van der Waals surface area contributed by atoms with Gasteiger partial charge in [-0.1, -0.05) is 13.8 Å². The molecule has 1 heterocycles. The van der Waals surface area contributed by atoms with Crippen LogP contribution in [0.3, 0.4) is 0 Å². The number of urea groups is 1. The molecule has 0 aromatic carbocycles. The minimum atomic E-state index is -0.237. The second-order valence-corrected chi connectivity index (χ2v) is 5.02.